The Balaban J connectivity index is 1.55. The van der Waals surface area contributed by atoms with Crippen molar-refractivity contribution in [2.45, 2.75) is 19.8 Å². The number of hydrogen-bond acceptors (Lipinski definition) is 5. The van der Waals surface area contributed by atoms with Crippen LogP contribution in [0.15, 0.2) is 53.0 Å². The molecule has 0 spiro atoms. The van der Waals surface area contributed by atoms with E-state index in [1.54, 1.807) is 24.3 Å². The zero-order valence-corrected chi connectivity index (χ0v) is 17.8. The van der Waals surface area contributed by atoms with E-state index in [9.17, 15) is 14.4 Å². The number of nitrogens with one attached hydrogen (secondary N) is 1. The van der Waals surface area contributed by atoms with Gasteiger partial charge in [0.1, 0.15) is 0 Å². The Kier molecular flexibility index (Phi) is 5.29. The molecule has 0 aliphatic carbocycles. The quantitative estimate of drug-likeness (QED) is 0.557. The Bertz CT molecular complexity index is 1110. The second-order valence-electron chi connectivity index (χ2n) is 6.56. The van der Waals surface area contributed by atoms with Crippen molar-refractivity contribution in [3.8, 4) is 11.3 Å². The highest BCUT2D eigenvalue weighted by molar-refractivity contribution is 9.10. The van der Waals surface area contributed by atoms with E-state index in [0.29, 0.717) is 16.4 Å². The molecule has 1 aliphatic rings. The second kappa shape index (κ2) is 7.88. The molecule has 1 fully saturated rings. The number of thiazole rings is 1. The van der Waals surface area contributed by atoms with Gasteiger partial charge in [0.25, 0.3) is 5.91 Å². The van der Waals surface area contributed by atoms with Gasteiger partial charge in [0.15, 0.2) is 5.13 Å². The van der Waals surface area contributed by atoms with E-state index in [4.69, 9.17) is 0 Å². The fraction of sp³-hybridized carbons (Fsp3) is 0.143. The minimum atomic E-state index is -0.345. The molecule has 0 radical (unpaired) electrons. The van der Waals surface area contributed by atoms with Crippen LogP contribution in [0.1, 0.15) is 28.1 Å². The van der Waals surface area contributed by atoms with Crippen LogP contribution >= 0.6 is 27.3 Å². The fourth-order valence-corrected chi connectivity index (χ4v) is 4.24. The van der Waals surface area contributed by atoms with Gasteiger partial charge in [-0.05, 0) is 37.3 Å². The molecule has 6 nitrogen and oxygen atoms in total. The highest BCUT2D eigenvalue weighted by Crippen LogP contribution is 2.31. The van der Waals surface area contributed by atoms with Crippen LogP contribution in [0.2, 0.25) is 0 Å². The summed E-state index contributed by atoms with van der Waals surface area (Å²) in [5.41, 5.74) is 2.55. The summed E-state index contributed by atoms with van der Waals surface area (Å²) < 4.78 is 0.984. The van der Waals surface area contributed by atoms with Gasteiger partial charge in [-0.25, -0.2) is 4.98 Å². The summed E-state index contributed by atoms with van der Waals surface area (Å²) in [7, 11) is 0. The zero-order valence-electron chi connectivity index (χ0n) is 15.4. The highest BCUT2D eigenvalue weighted by Gasteiger charge is 2.30. The lowest BCUT2D eigenvalue weighted by molar-refractivity contribution is -0.121. The summed E-state index contributed by atoms with van der Waals surface area (Å²) in [5, 5.41) is 3.30. The van der Waals surface area contributed by atoms with Gasteiger partial charge < -0.3 is 0 Å². The Labute approximate surface area is 179 Å². The Hall–Kier alpha value is -2.84. The average molecular weight is 470 g/mol. The number of nitrogens with zero attached hydrogens (tertiary/aromatic N) is 2. The van der Waals surface area contributed by atoms with Gasteiger partial charge in [0.05, 0.1) is 11.4 Å². The van der Waals surface area contributed by atoms with Crippen molar-refractivity contribution in [1.82, 2.24) is 4.98 Å². The molecule has 2 aromatic carbocycles. The van der Waals surface area contributed by atoms with Gasteiger partial charge in [0, 0.05) is 33.3 Å². The van der Waals surface area contributed by atoms with Crippen molar-refractivity contribution in [2.24, 2.45) is 0 Å². The minimum Gasteiger partial charge on any atom is -0.298 e. The minimum absolute atomic E-state index is 0.201. The van der Waals surface area contributed by atoms with E-state index in [1.807, 2.05) is 31.2 Å². The number of benzene rings is 2. The molecule has 3 aromatic rings. The summed E-state index contributed by atoms with van der Waals surface area (Å²) in [6, 6.07) is 14.3. The molecular weight excluding hydrogens is 454 g/mol. The lowest BCUT2D eigenvalue weighted by atomic mass is 10.1. The van der Waals surface area contributed by atoms with Gasteiger partial charge in [0.2, 0.25) is 11.8 Å². The van der Waals surface area contributed by atoms with Crippen LogP contribution < -0.4 is 10.2 Å². The predicted octanol–water partition coefficient (Wildman–Crippen LogP) is 4.79. The van der Waals surface area contributed by atoms with Crippen LogP contribution in [-0.2, 0) is 9.59 Å². The first-order chi connectivity index (χ1) is 13.9. The average Bonchev–Trinajstić information content (AvgIpc) is 3.24. The molecule has 146 valence electrons. The molecule has 1 aliphatic heterocycles. The third kappa shape index (κ3) is 3.99. The van der Waals surface area contributed by atoms with E-state index in [-0.39, 0.29) is 30.6 Å². The number of anilines is 2. The standard InChI is InChI=1S/C21H16BrN3O3S/c1-12-19(13-5-7-15(22)8-6-13)23-21(29-12)24-20(28)14-3-2-4-16(11-14)25-17(26)9-10-18(25)27/h2-8,11H,9-10H2,1H3,(H,23,24,28). The van der Waals surface area contributed by atoms with Gasteiger partial charge in [-0.1, -0.05) is 34.1 Å². The second-order valence-corrected chi connectivity index (χ2v) is 8.68. The zero-order chi connectivity index (χ0) is 20.5. The number of carbonyl (C=O) groups is 3. The highest BCUT2D eigenvalue weighted by atomic mass is 79.9. The number of hydrogen-bond donors (Lipinski definition) is 1. The number of aryl methyl sites for hydroxylation is 1. The molecule has 0 unspecified atom stereocenters. The Morgan fingerprint density at radius 2 is 1.79 bits per heavy atom. The van der Waals surface area contributed by atoms with Gasteiger partial charge >= 0.3 is 0 Å². The van der Waals surface area contributed by atoms with Crippen LogP contribution in [0.25, 0.3) is 11.3 Å². The maximum atomic E-state index is 12.7. The molecule has 1 saturated heterocycles. The van der Waals surface area contributed by atoms with Crippen molar-refractivity contribution in [3.05, 3.63) is 63.4 Å². The lowest BCUT2D eigenvalue weighted by Gasteiger charge is -2.14. The molecule has 0 saturated carbocycles. The summed E-state index contributed by atoms with van der Waals surface area (Å²) in [6.45, 7) is 1.95. The molecule has 2 heterocycles. The van der Waals surface area contributed by atoms with E-state index in [1.165, 1.54) is 11.3 Å². The first-order valence-corrected chi connectivity index (χ1v) is 10.5. The van der Waals surface area contributed by atoms with E-state index >= 15 is 0 Å². The molecule has 3 amide bonds. The molecule has 1 N–H and O–H groups in total. The lowest BCUT2D eigenvalue weighted by Crippen LogP contribution is -2.28. The predicted molar refractivity (Wildman–Crippen MR) is 116 cm³/mol. The number of carbonyl (C=O) groups excluding carboxylic acids is 3. The largest absolute Gasteiger partial charge is 0.298 e. The maximum absolute atomic E-state index is 12.7. The number of halogens is 1. The van der Waals surface area contributed by atoms with Crippen molar-refractivity contribution in [1.29, 1.82) is 0 Å². The van der Waals surface area contributed by atoms with Crippen LogP contribution in [0.3, 0.4) is 0 Å². The third-order valence-electron chi connectivity index (χ3n) is 4.55. The van der Waals surface area contributed by atoms with E-state index < -0.39 is 0 Å². The number of rotatable bonds is 4. The van der Waals surface area contributed by atoms with Gasteiger partial charge in [-0.2, -0.15) is 0 Å². The van der Waals surface area contributed by atoms with Gasteiger partial charge in [-0.3, -0.25) is 24.6 Å². The van der Waals surface area contributed by atoms with Crippen LogP contribution in [0.5, 0.6) is 0 Å². The molecule has 4 rings (SSSR count). The molecule has 29 heavy (non-hydrogen) atoms. The van der Waals surface area contributed by atoms with Gasteiger partial charge in [-0.15, -0.1) is 11.3 Å². The number of imide groups is 1. The Morgan fingerprint density at radius 1 is 1.10 bits per heavy atom. The summed E-state index contributed by atoms with van der Waals surface area (Å²) in [5.74, 6) is -0.841. The maximum Gasteiger partial charge on any atom is 0.257 e. The molecule has 1 aromatic heterocycles. The van der Waals surface area contributed by atoms with E-state index in [0.717, 1.165) is 25.5 Å². The summed E-state index contributed by atoms with van der Waals surface area (Å²) in [4.78, 5) is 43.3. The van der Waals surface area contributed by atoms with E-state index in [2.05, 4.69) is 26.2 Å². The summed E-state index contributed by atoms with van der Waals surface area (Å²) in [6.07, 6.45) is 0.402. The monoisotopic (exact) mass is 469 g/mol. The SMILES string of the molecule is Cc1sc(NC(=O)c2cccc(N3C(=O)CCC3=O)c2)nc1-c1ccc(Br)cc1. The number of amides is 3. The van der Waals surface area contributed by atoms with Crippen molar-refractivity contribution < 1.29 is 14.4 Å². The van der Waals surface area contributed by atoms with Crippen molar-refractivity contribution in [2.75, 3.05) is 10.2 Å². The first-order valence-electron chi connectivity index (χ1n) is 8.93. The summed E-state index contributed by atoms with van der Waals surface area (Å²) >= 11 is 4.81. The normalized spacial score (nSPS) is 13.8. The van der Waals surface area contributed by atoms with Crippen LogP contribution in [-0.4, -0.2) is 22.7 Å². The fourth-order valence-electron chi connectivity index (χ4n) is 3.15. The van der Waals surface area contributed by atoms with Crippen LogP contribution in [0, 0.1) is 6.92 Å². The smallest absolute Gasteiger partial charge is 0.257 e. The third-order valence-corrected chi connectivity index (χ3v) is 5.97. The topological polar surface area (TPSA) is 79.4 Å². The van der Waals surface area contributed by atoms with Crippen molar-refractivity contribution in [3.63, 3.8) is 0 Å². The molecule has 0 bridgehead atoms. The Morgan fingerprint density at radius 3 is 2.48 bits per heavy atom. The van der Waals surface area contributed by atoms with Crippen LogP contribution in [0.4, 0.5) is 10.8 Å². The molecule has 8 heteroatoms. The molecule has 0 atom stereocenters. The first kappa shape index (κ1) is 19.5. The van der Waals surface area contributed by atoms with Crippen molar-refractivity contribution >= 4 is 55.8 Å². The number of aromatic nitrogens is 1. The molecular formula is C21H16BrN3O3S.